The molecule has 56 heavy (non-hydrogen) atoms. The highest BCUT2D eigenvalue weighted by atomic mass is 31.2. The van der Waals surface area contributed by atoms with E-state index in [-0.39, 0.29) is 37.4 Å². The van der Waals surface area contributed by atoms with Crippen molar-refractivity contribution in [2.75, 3.05) is 27.4 Å². The Balaban J connectivity index is 1.43. The summed E-state index contributed by atoms with van der Waals surface area (Å²) >= 11 is 0. The Labute approximate surface area is 328 Å². The third kappa shape index (κ3) is 8.71. The van der Waals surface area contributed by atoms with Crippen LogP contribution in [0, 0.1) is 21.4 Å². The van der Waals surface area contributed by atoms with Crippen molar-refractivity contribution < 1.29 is 32.9 Å². The molecule has 0 N–H and O–H groups in total. The zero-order valence-electron chi connectivity index (χ0n) is 32.5. The van der Waals surface area contributed by atoms with Gasteiger partial charge in [-0.05, 0) is 74.7 Å². The Morgan fingerprint density at radius 3 is 2.09 bits per heavy atom. The molecule has 14 heteroatoms. The number of methoxy groups -OCH3 is 2. The van der Waals surface area contributed by atoms with Gasteiger partial charge >= 0.3 is 0 Å². The molecule has 0 spiro atoms. The SMILES string of the molecule is COc1ccc(C(OC[C@H]2O[C@@H](n3cc4c([N+](=O)[O-])cccc4n3)C[C@@H]2OP(OCCC#N)N(C(C)C)C(C)C)(c2ccccc2)c2ccc(OC)cc2)cc1. The number of fused-ring (bicyclic) bond motifs is 1. The predicted octanol–water partition coefficient (Wildman–Crippen LogP) is 8.92. The molecule has 1 saturated heterocycles. The van der Waals surface area contributed by atoms with E-state index in [1.807, 2.05) is 78.9 Å². The second kappa shape index (κ2) is 18.3. The number of non-ortho nitro benzene ring substituents is 1. The number of benzene rings is 4. The minimum Gasteiger partial charge on any atom is -0.497 e. The molecule has 4 aromatic carbocycles. The number of nitriles is 1. The summed E-state index contributed by atoms with van der Waals surface area (Å²) in [4.78, 5) is 11.5. The van der Waals surface area contributed by atoms with Gasteiger partial charge in [0.1, 0.15) is 23.2 Å². The summed E-state index contributed by atoms with van der Waals surface area (Å²) < 4.78 is 42.3. The van der Waals surface area contributed by atoms with E-state index < -0.39 is 37.5 Å². The van der Waals surface area contributed by atoms with Crippen molar-refractivity contribution in [3.8, 4) is 17.6 Å². The van der Waals surface area contributed by atoms with Gasteiger partial charge in [-0.15, -0.1) is 0 Å². The van der Waals surface area contributed by atoms with Crippen LogP contribution in [-0.4, -0.2) is 71.1 Å². The maximum Gasteiger partial charge on any atom is 0.280 e. The van der Waals surface area contributed by atoms with Gasteiger partial charge in [-0.25, -0.2) is 9.35 Å². The summed E-state index contributed by atoms with van der Waals surface area (Å²) in [6.45, 7) is 8.61. The molecule has 0 saturated carbocycles. The molecule has 1 unspecified atom stereocenters. The molecule has 13 nitrogen and oxygen atoms in total. The molecule has 6 rings (SSSR count). The van der Waals surface area contributed by atoms with Gasteiger partial charge in [0.15, 0.2) is 6.23 Å². The molecule has 1 aromatic heterocycles. The Bertz CT molecular complexity index is 2030. The van der Waals surface area contributed by atoms with E-state index in [2.05, 4.69) is 38.4 Å². The smallest absolute Gasteiger partial charge is 0.280 e. The summed E-state index contributed by atoms with van der Waals surface area (Å²) in [6.07, 6.45) is 0.371. The number of nitro groups is 1. The van der Waals surface area contributed by atoms with E-state index >= 15 is 0 Å². The Morgan fingerprint density at radius 2 is 1.54 bits per heavy atom. The molecule has 0 aliphatic carbocycles. The van der Waals surface area contributed by atoms with Crippen LogP contribution in [0.25, 0.3) is 10.9 Å². The first-order valence-electron chi connectivity index (χ1n) is 18.6. The zero-order valence-corrected chi connectivity index (χ0v) is 33.4. The lowest BCUT2D eigenvalue weighted by molar-refractivity contribution is -0.383. The number of hydrogen-bond donors (Lipinski definition) is 0. The van der Waals surface area contributed by atoms with E-state index in [9.17, 15) is 15.4 Å². The van der Waals surface area contributed by atoms with Gasteiger partial charge in [0.05, 0.1) is 61.9 Å². The quantitative estimate of drug-likeness (QED) is 0.0276. The minimum absolute atomic E-state index is 0.0371. The lowest BCUT2D eigenvalue weighted by Crippen LogP contribution is -2.39. The maximum atomic E-state index is 11.9. The maximum absolute atomic E-state index is 11.9. The number of rotatable bonds is 18. The average Bonchev–Trinajstić information content (AvgIpc) is 3.83. The van der Waals surface area contributed by atoms with Crippen LogP contribution in [0.15, 0.2) is 103 Å². The van der Waals surface area contributed by atoms with Gasteiger partial charge in [0.2, 0.25) is 0 Å². The second-order valence-corrected chi connectivity index (χ2v) is 15.4. The third-order valence-corrected chi connectivity index (χ3v) is 11.9. The summed E-state index contributed by atoms with van der Waals surface area (Å²) in [5.41, 5.74) is 1.93. The minimum atomic E-state index is -1.66. The number of aromatic nitrogens is 2. The van der Waals surface area contributed by atoms with Crippen molar-refractivity contribution in [1.29, 1.82) is 5.26 Å². The van der Waals surface area contributed by atoms with Crippen molar-refractivity contribution in [2.24, 2.45) is 0 Å². The fourth-order valence-electron chi connectivity index (χ4n) is 7.17. The van der Waals surface area contributed by atoms with Crippen LogP contribution in [0.2, 0.25) is 0 Å². The fourth-order valence-corrected chi connectivity index (χ4v) is 8.93. The van der Waals surface area contributed by atoms with Crippen molar-refractivity contribution in [3.63, 3.8) is 0 Å². The molecule has 294 valence electrons. The van der Waals surface area contributed by atoms with Crippen molar-refractivity contribution in [1.82, 2.24) is 14.5 Å². The molecule has 0 radical (unpaired) electrons. The monoisotopic (exact) mass is 781 g/mol. The molecule has 0 bridgehead atoms. The first-order chi connectivity index (χ1) is 27.1. The lowest BCUT2D eigenvalue weighted by atomic mass is 9.80. The van der Waals surface area contributed by atoms with Crippen molar-refractivity contribution >= 4 is 25.1 Å². The molecule has 4 atom stereocenters. The van der Waals surface area contributed by atoms with Crippen LogP contribution in [0.1, 0.15) is 63.5 Å². The Kier molecular flexibility index (Phi) is 13.3. The van der Waals surface area contributed by atoms with E-state index in [0.717, 1.165) is 16.7 Å². The van der Waals surface area contributed by atoms with Crippen molar-refractivity contribution in [3.05, 3.63) is 130 Å². The van der Waals surface area contributed by atoms with Gasteiger partial charge in [-0.2, -0.15) is 10.4 Å². The number of ether oxygens (including phenoxy) is 4. The van der Waals surface area contributed by atoms with Crippen LogP contribution >= 0.6 is 8.53 Å². The molecular weight excluding hydrogens is 733 g/mol. The molecular formula is C42H48N5O8P. The number of nitro benzene ring substituents is 1. The summed E-state index contributed by atoms with van der Waals surface area (Å²) in [5.74, 6) is 1.41. The highest BCUT2D eigenvalue weighted by Gasteiger charge is 2.45. The first kappa shape index (κ1) is 40.7. The fraction of sp³-hybridized carbons (Fsp3) is 0.381. The van der Waals surface area contributed by atoms with Crippen LogP contribution in [-0.2, 0) is 24.1 Å². The highest BCUT2D eigenvalue weighted by molar-refractivity contribution is 7.44. The van der Waals surface area contributed by atoms with Gasteiger partial charge in [0, 0.05) is 30.8 Å². The van der Waals surface area contributed by atoms with Crippen LogP contribution < -0.4 is 9.47 Å². The van der Waals surface area contributed by atoms with Gasteiger partial charge in [-0.3, -0.25) is 10.1 Å². The summed E-state index contributed by atoms with van der Waals surface area (Å²) in [7, 11) is 1.61. The first-order valence-corrected chi connectivity index (χ1v) is 19.7. The topological polar surface area (TPSA) is 143 Å². The molecule has 5 aromatic rings. The molecule has 1 fully saturated rings. The van der Waals surface area contributed by atoms with E-state index in [1.54, 1.807) is 37.2 Å². The van der Waals surface area contributed by atoms with Gasteiger partial charge < -0.3 is 28.0 Å². The number of nitrogens with zero attached hydrogens (tertiary/aromatic N) is 5. The third-order valence-electron chi connectivity index (χ3n) is 9.74. The second-order valence-electron chi connectivity index (χ2n) is 13.9. The van der Waals surface area contributed by atoms with E-state index in [0.29, 0.717) is 28.8 Å². The van der Waals surface area contributed by atoms with Crippen LogP contribution in [0.5, 0.6) is 11.5 Å². The normalized spacial score (nSPS) is 17.8. The molecule has 1 aliphatic heterocycles. The predicted molar refractivity (Wildman–Crippen MR) is 213 cm³/mol. The zero-order chi connectivity index (χ0) is 39.8. The van der Waals surface area contributed by atoms with E-state index in [1.165, 1.54) is 6.07 Å². The van der Waals surface area contributed by atoms with Crippen LogP contribution in [0.4, 0.5) is 5.69 Å². The average molecular weight is 782 g/mol. The van der Waals surface area contributed by atoms with Gasteiger partial charge in [-0.1, -0.05) is 60.7 Å². The van der Waals surface area contributed by atoms with Crippen molar-refractivity contribution in [2.45, 2.75) is 76.7 Å². The summed E-state index contributed by atoms with van der Waals surface area (Å²) in [5, 5.41) is 26.4. The molecule has 0 amide bonds. The highest BCUT2D eigenvalue weighted by Crippen LogP contribution is 2.51. The summed E-state index contributed by atoms with van der Waals surface area (Å²) in [6, 6.07) is 32.8. The molecule has 1 aliphatic rings. The number of hydrogen-bond acceptors (Lipinski definition) is 11. The molecule has 2 heterocycles. The Hall–Kier alpha value is -4.93. The van der Waals surface area contributed by atoms with Gasteiger partial charge in [0.25, 0.3) is 14.2 Å². The Morgan fingerprint density at radius 1 is 0.929 bits per heavy atom. The largest absolute Gasteiger partial charge is 0.497 e. The lowest BCUT2D eigenvalue weighted by Gasteiger charge is -2.39. The standard InChI is InChI=1S/C42H48N5O8P/c1-29(2)46(30(3)4)56(53-25-11-24-43)55-39-26-41(45-27-36-37(44-45)14-10-15-38(36)47(48)49)54-40(39)28-52-42(31-12-8-7-9-13-31,32-16-20-34(50-5)21-17-32)33-18-22-35(51-6)23-19-33/h7-10,12-23,27,29-30,39-41H,11,25-26,28H2,1-6H3/t39-,40+,41+,56?/m0/s1. The van der Waals surface area contributed by atoms with Crippen LogP contribution in [0.3, 0.4) is 0 Å². The van der Waals surface area contributed by atoms with E-state index in [4.69, 9.17) is 33.1 Å².